The van der Waals surface area contributed by atoms with E-state index in [4.69, 9.17) is 23.2 Å². The van der Waals surface area contributed by atoms with E-state index < -0.39 is 0 Å². The lowest BCUT2D eigenvalue weighted by atomic mass is 10.0. The van der Waals surface area contributed by atoms with E-state index in [9.17, 15) is 0 Å². The van der Waals surface area contributed by atoms with Gasteiger partial charge in [0.1, 0.15) is 10.8 Å². The van der Waals surface area contributed by atoms with E-state index in [1.54, 1.807) is 0 Å². The van der Waals surface area contributed by atoms with E-state index in [0.29, 0.717) is 10.8 Å². The molecule has 5 heteroatoms. The topological polar surface area (TPSA) is 37.8 Å². The average Bonchev–Trinajstić information content (AvgIpc) is 2.32. The van der Waals surface area contributed by atoms with Crippen LogP contribution in [0.3, 0.4) is 0 Å². The van der Waals surface area contributed by atoms with Crippen LogP contribution in [0.4, 0.5) is 5.82 Å². The van der Waals surface area contributed by atoms with Gasteiger partial charge in [0, 0.05) is 6.54 Å². The van der Waals surface area contributed by atoms with Crippen LogP contribution in [0.1, 0.15) is 46.0 Å². The van der Waals surface area contributed by atoms with Crippen molar-refractivity contribution in [1.82, 2.24) is 9.97 Å². The maximum absolute atomic E-state index is 5.95. The third kappa shape index (κ3) is 6.41. The average molecular weight is 290 g/mol. The van der Waals surface area contributed by atoms with Crippen molar-refractivity contribution in [2.45, 2.75) is 46.0 Å². The van der Waals surface area contributed by atoms with Crippen LogP contribution in [-0.2, 0) is 0 Å². The summed E-state index contributed by atoms with van der Waals surface area (Å²) >= 11 is 11.7. The van der Waals surface area contributed by atoms with Gasteiger partial charge in [-0.05, 0) is 23.9 Å². The highest BCUT2D eigenvalue weighted by Gasteiger charge is 2.03. The van der Waals surface area contributed by atoms with Crippen LogP contribution in [0.2, 0.25) is 10.3 Å². The molecule has 0 amide bonds. The Morgan fingerprint density at radius 3 is 2.61 bits per heavy atom. The summed E-state index contributed by atoms with van der Waals surface area (Å²) in [4.78, 5) is 7.85. The molecule has 3 nitrogen and oxygen atoms in total. The Kier molecular flexibility index (Phi) is 7.36. The lowest BCUT2D eigenvalue weighted by Gasteiger charge is -2.07. The monoisotopic (exact) mass is 289 g/mol. The van der Waals surface area contributed by atoms with Crippen molar-refractivity contribution in [2.24, 2.45) is 5.92 Å². The van der Waals surface area contributed by atoms with Crippen LogP contribution < -0.4 is 5.32 Å². The minimum atomic E-state index is 0.221. The normalized spacial score (nSPS) is 10.9. The summed E-state index contributed by atoms with van der Waals surface area (Å²) in [6.45, 7) is 5.40. The van der Waals surface area contributed by atoms with Gasteiger partial charge >= 0.3 is 0 Å². The molecule has 0 aliphatic heterocycles. The number of halogens is 2. The lowest BCUT2D eigenvalue weighted by Crippen LogP contribution is -2.04. The van der Waals surface area contributed by atoms with E-state index >= 15 is 0 Å². The highest BCUT2D eigenvalue weighted by molar-refractivity contribution is 6.33. The van der Waals surface area contributed by atoms with Gasteiger partial charge in [-0.15, -0.1) is 0 Å². The highest BCUT2D eigenvalue weighted by atomic mass is 35.5. The molecule has 1 N–H and O–H groups in total. The number of hydrogen-bond donors (Lipinski definition) is 1. The molecule has 0 unspecified atom stereocenters. The summed E-state index contributed by atoms with van der Waals surface area (Å²) < 4.78 is 0. The minimum Gasteiger partial charge on any atom is -0.369 e. The number of nitrogens with one attached hydrogen (secondary N) is 1. The van der Waals surface area contributed by atoms with Gasteiger partial charge in [0.05, 0.1) is 6.20 Å². The third-order valence-electron chi connectivity index (χ3n) is 2.72. The molecule has 0 aliphatic rings. The van der Waals surface area contributed by atoms with Crippen molar-refractivity contribution >= 4 is 29.0 Å². The number of anilines is 1. The fraction of sp³-hybridized carbons (Fsp3) is 0.692. The van der Waals surface area contributed by atoms with Gasteiger partial charge in [-0.2, -0.15) is 4.98 Å². The van der Waals surface area contributed by atoms with Gasteiger partial charge in [0.15, 0.2) is 0 Å². The first kappa shape index (κ1) is 15.5. The molecule has 0 aromatic carbocycles. The number of unbranched alkanes of at least 4 members (excludes halogenated alkanes) is 3. The predicted octanol–water partition coefficient (Wildman–Crippen LogP) is 4.80. The zero-order valence-corrected chi connectivity index (χ0v) is 12.6. The summed E-state index contributed by atoms with van der Waals surface area (Å²) in [7, 11) is 0. The number of aromatic nitrogens is 2. The summed E-state index contributed by atoms with van der Waals surface area (Å²) in [5.74, 6) is 1.43. The minimum absolute atomic E-state index is 0.221. The first-order valence-electron chi connectivity index (χ1n) is 6.51. The number of nitrogens with zero attached hydrogens (tertiary/aromatic N) is 2. The van der Waals surface area contributed by atoms with Crippen molar-refractivity contribution in [3.05, 3.63) is 16.5 Å². The van der Waals surface area contributed by atoms with E-state index in [2.05, 4.69) is 29.1 Å². The molecule has 0 aliphatic carbocycles. The van der Waals surface area contributed by atoms with E-state index in [-0.39, 0.29) is 5.28 Å². The predicted molar refractivity (Wildman–Crippen MR) is 78.5 cm³/mol. The molecule has 0 spiro atoms. The molecule has 1 aromatic rings. The maximum Gasteiger partial charge on any atom is 0.224 e. The Morgan fingerprint density at radius 2 is 1.89 bits per heavy atom. The molecule has 18 heavy (non-hydrogen) atoms. The van der Waals surface area contributed by atoms with Crippen molar-refractivity contribution in [1.29, 1.82) is 0 Å². The Bertz CT molecular complexity index is 356. The second-order valence-corrected chi connectivity index (χ2v) is 5.60. The van der Waals surface area contributed by atoms with E-state index in [0.717, 1.165) is 18.9 Å². The van der Waals surface area contributed by atoms with Crippen molar-refractivity contribution in [3.63, 3.8) is 0 Å². The van der Waals surface area contributed by atoms with Gasteiger partial charge in [-0.3, -0.25) is 0 Å². The molecular formula is C13H21Cl2N3. The maximum atomic E-state index is 5.95. The number of rotatable bonds is 8. The van der Waals surface area contributed by atoms with Gasteiger partial charge in [-0.1, -0.05) is 51.1 Å². The Morgan fingerprint density at radius 1 is 1.17 bits per heavy atom. The van der Waals surface area contributed by atoms with Crippen LogP contribution >= 0.6 is 23.2 Å². The Labute approximate surface area is 119 Å². The van der Waals surface area contributed by atoms with Crippen LogP contribution in [0.15, 0.2) is 6.20 Å². The van der Waals surface area contributed by atoms with Gasteiger partial charge in [-0.25, -0.2) is 4.98 Å². The third-order valence-corrected chi connectivity index (χ3v) is 3.17. The van der Waals surface area contributed by atoms with Crippen LogP contribution in [0, 0.1) is 5.92 Å². The zero-order valence-electron chi connectivity index (χ0n) is 11.0. The Balaban J connectivity index is 2.12. The van der Waals surface area contributed by atoms with Gasteiger partial charge in [0.25, 0.3) is 0 Å². The Hall–Kier alpha value is -0.540. The first-order chi connectivity index (χ1) is 8.59. The van der Waals surface area contributed by atoms with Gasteiger partial charge in [0.2, 0.25) is 5.28 Å². The van der Waals surface area contributed by atoms with E-state index in [1.807, 2.05) is 0 Å². The summed E-state index contributed by atoms with van der Waals surface area (Å²) in [5, 5.41) is 3.92. The second kappa shape index (κ2) is 8.54. The number of hydrogen-bond acceptors (Lipinski definition) is 3. The van der Waals surface area contributed by atoms with Crippen molar-refractivity contribution in [2.75, 3.05) is 11.9 Å². The molecule has 0 fully saturated rings. The quantitative estimate of drug-likeness (QED) is 0.552. The SMILES string of the molecule is CC(C)CCCCCCNc1nc(Cl)ncc1Cl. The van der Waals surface area contributed by atoms with Crippen LogP contribution in [-0.4, -0.2) is 16.5 Å². The molecule has 0 saturated heterocycles. The highest BCUT2D eigenvalue weighted by Crippen LogP contribution is 2.19. The smallest absolute Gasteiger partial charge is 0.224 e. The molecule has 0 atom stereocenters. The summed E-state index contributed by atoms with van der Waals surface area (Å²) in [5.41, 5.74) is 0. The lowest BCUT2D eigenvalue weighted by molar-refractivity contribution is 0.523. The summed E-state index contributed by atoms with van der Waals surface area (Å²) in [6.07, 6.45) is 7.80. The standard InChI is InChI=1S/C13H21Cl2N3/c1-10(2)7-5-3-4-6-8-16-12-11(14)9-17-13(15)18-12/h9-10H,3-8H2,1-2H3,(H,16,17,18). The zero-order chi connectivity index (χ0) is 13.4. The molecular weight excluding hydrogens is 269 g/mol. The van der Waals surface area contributed by atoms with Gasteiger partial charge < -0.3 is 5.32 Å². The summed E-state index contributed by atoms with van der Waals surface area (Å²) in [6, 6.07) is 0. The molecule has 1 aromatic heterocycles. The van der Waals surface area contributed by atoms with Crippen molar-refractivity contribution < 1.29 is 0 Å². The first-order valence-corrected chi connectivity index (χ1v) is 7.27. The van der Waals surface area contributed by atoms with Crippen molar-refractivity contribution in [3.8, 4) is 0 Å². The van der Waals surface area contributed by atoms with E-state index in [1.165, 1.54) is 31.9 Å². The molecule has 0 bridgehead atoms. The molecule has 1 heterocycles. The van der Waals surface area contributed by atoms with Crippen LogP contribution in [0.5, 0.6) is 0 Å². The molecule has 102 valence electrons. The molecule has 0 radical (unpaired) electrons. The molecule has 1 rings (SSSR count). The largest absolute Gasteiger partial charge is 0.369 e. The molecule has 0 saturated carbocycles. The second-order valence-electron chi connectivity index (χ2n) is 4.86. The fourth-order valence-electron chi connectivity index (χ4n) is 1.71. The fourth-order valence-corrected chi connectivity index (χ4v) is 2.00. The van der Waals surface area contributed by atoms with Crippen LogP contribution in [0.25, 0.3) is 0 Å².